The molecular weight excluding hydrogens is 492 g/mol. The fourth-order valence-electron chi connectivity index (χ4n) is 5.18. The van der Waals surface area contributed by atoms with E-state index < -0.39 is 5.60 Å². The third kappa shape index (κ3) is 5.13. The Kier molecular flexibility index (Phi) is 8.05. The molecule has 3 aromatic rings. The molecule has 0 aliphatic heterocycles. The van der Waals surface area contributed by atoms with E-state index in [1.807, 2.05) is 4.57 Å². The number of nitrogens with zero attached hydrogens (tertiary/aromatic N) is 4. The standard InChI is InChI=1S/C25H26FN5O2.2ClH/c1-15(32)18-8-5-9-19(18)31-23(16-6-4-7-17(26)14-16)30-21-22(27)28-20(29-24(21)31)10-13-25(33)11-2-3-12-25;;/h4,6-7,14,18-19,33H,2-3,5,8-9,11-12H2,1H3,(H2,27,28,29);2*1H/t18-,19?;;/m0../s1. The van der Waals surface area contributed by atoms with Crippen molar-refractivity contribution in [2.24, 2.45) is 5.92 Å². The highest BCUT2D eigenvalue weighted by Gasteiger charge is 2.35. The van der Waals surface area contributed by atoms with Gasteiger partial charge in [0.05, 0.1) is 0 Å². The predicted molar refractivity (Wildman–Crippen MR) is 137 cm³/mol. The molecule has 0 saturated heterocycles. The van der Waals surface area contributed by atoms with Gasteiger partial charge in [-0.2, -0.15) is 0 Å². The van der Waals surface area contributed by atoms with E-state index in [1.54, 1.807) is 19.1 Å². The molecule has 0 radical (unpaired) electrons. The Hall–Kier alpha value is -2.73. The van der Waals surface area contributed by atoms with Crippen molar-refractivity contribution in [2.45, 2.75) is 63.5 Å². The molecule has 7 nitrogen and oxygen atoms in total. The van der Waals surface area contributed by atoms with Gasteiger partial charge in [0.2, 0.25) is 5.82 Å². The molecule has 1 unspecified atom stereocenters. The number of ketones is 1. The molecule has 2 fully saturated rings. The van der Waals surface area contributed by atoms with Crippen molar-refractivity contribution in [1.29, 1.82) is 0 Å². The van der Waals surface area contributed by atoms with Crippen molar-refractivity contribution in [2.75, 3.05) is 5.73 Å². The van der Waals surface area contributed by atoms with Crippen LogP contribution in [0.15, 0.2) is 24.3 Å². The van der Waals surface area contributed by atoms with Gasteiger partial charge >= 0.3 is 0 Å². The highest BCUT2D eigenvalue weighted by molar-refractivity contribution is 5.87. The van der Waals surface area contributed by atoms with Crippen molar-refractivity contribution in [3.8, 4) is 23.2 Å². The molecule has 5 rings (SSSR count). The SMILES string of the molecule is CC(=O)[C@@H]1CCCC1n1c(-c2cccc(F)c2)nc2c(N)nc(C#CC3(O)CCCC3)nc21.Cl.Cl. The average molecular weight is 520 g/mol. The number of rotatable bonds is 3. The largest absolute Gasteiger partial charge is 0.382 e. The second-order valence-corrected chi connectivity index (χ2v) is 9.12. The number of fused-ring (bicyclic) bond motifs is 1. The van der Waals surface area contributed by atoms with Gasteiger partial charge in [-0.05, 0) is 63.5 Å². The van der Waals surface area contributed by atoms with E-state index in [0.717, 1.165) is 32.1 Å². The number of Topliss-reactive ketones (excluding diaryl/α,β-unsaturated/α-hetero) is 1. The number of anilines is 1. The second-order valence-electron chi connectivity index (χ2n) is 9.12. The lowest BCUT2D eigenvalue weighted by atomic mass is 9.98. The summed E-state index contributed by atoms with van der Waals surface area (Å²) in [5, 5.41) is 10.6. The first-order valence-electron chi connectivity index (χ1n) is 11.4. The fourth-order valence-corrected chi connectivity index (χ4v) is 5.18. The Bertz CT molecular complexity index is 1310. The molecule has 2 saturated carbocycles. The molecule has 186 valence electrons. The van der Waals surface area contributed by atoms with Gasteiger partial charge in [0.1, 0.15) is 23.0 Å². The number of halogens is 3. The number of nitrogen functional groups attached to an aromatic ring is 1. The Labute approximate surface area is 215 Å². The van der Waals surface area contributed by atoms with Crippen LogP contribution in [0.3, 0.4) is 0 Å². The normalized spacial score (nSPS) is 20.5. The maximum absolute atomic E-state index is 14.1. The van der Waals surface area contributed by atoms with Crippen molar-refractivity contribution in [3.63, 3.8) is 0 Å². The Balaban J connectivity index is 0.00000171. The Morgan fingerprint density at radius 1 is 1.17 bits per heavy atom. The number of carbonyl (C=O) groups is 1. The zero-order valence-corrected chi connectivity index (χ0v) is 21.0. The van der Waals surface area contributed by atoms with Crippen LogP contribution >= 0.6 is 24.8 Å². The van der Waals surface area contributed by atoms with E-state index >= 15 is 0 Å². The minimum absolute atomic E-state index is 0. The van der Waals surface area contributed by atoms with Crippen molar-refractivity contribution in [3.05, 3.63) is 35.9 Å². The van der Waals surface area contributed by atoms with Gasteiger partial charge in [0, 0.05) is 17.5 Å². The number of benzene rings is 1. The highest BCUT2D eigenvalue weighted by Crippen LogP contribution is 2.41. The zero-order chi connectivity index (χ0) is 23.2. The van der Waals surface area contributed by atoms with Crippen molar-refractivity contribution in [1.82, 2.24) is 19.5 Å². The van der Waals surface area contributed by atoms with Crippen LogP contribution in [0.2, 0.25) is 0 Å². The topological polar surface area (TPSA) is 107 Å². The van der Waals surface area contributed by atoms with Crippen molar-refractivity contribution >= 4 is 47.6 Å². The number of nitrogens with two attached hydrogens (primary N) is 1. The van der Waals surface area contributed by atoms with Gasteiger partial charge in [-0.3, -0.25) is 4.79 Å². The number of aliphatic hydroxyl groups is 1. The van der Waals surface area contributed by atoms with Crippen LogP contribution in [0.5, 0.6) is 0 Å². The number of carbonyl (C=O) groups excluding carboxylic acids is 1. The van der Waals surface area contributed by atoms with Crippen LogP contribution in [-0.4, -0.2) is 36.0 Å². The first kappa shape index (κ1) is 26.9. The summed E-state index contributed by atoms with van der Waals surface area (Å²) < 4.78 is 16.0. The minimum Gasteiger partial charge on any atom is -0.382 e. The molecule has 2 aromatic heterocycles. The summed E-state index contributed by atoms with van der Waals surface area (Å²) in [6.07, 6.45) is 5.59. The predicted octanol–water partition coefficient (Wildman–Crippen LogP) is 4.65. The molecule has 2 atom stereocenters. The minimum atomic E-state index is -1.02. The van der Waals surface area contributed by atoms with Crippen molar-refractivity contribution < 1.29 is 14.3 Å². The van der Waals surface area contributed by atoms with E-state index in [4.69, 9.17) is 10.7 Å². The zero-order valence-electron chi connectivity index (χ0n) is 19.3. The van der Waals surface area contributed by atoms with Gasteiger partial charge in [-0.1, -0.05) is 24.5 Å². The van der Waals surface area contributed by atoms with E-state index in [2.05, 4.69) is 21.8 Å². The van der Waals surface area contributed by atoms with Crippen LogP contribution < -0.4 is 5.73 Å². The monoisotopic (exact) mass is 519 g/mol. The first-order valence-corrected chi connectivity index (χ1v) is 11.4. The first-order chi connectivity index (χ1) is 15.8. The molecule has 10 heteroatoms. The van der Waals surface area contributed by atoms with Crippen LogP contribution in [0.25, 0.3) is 22.6 Å². The molecule has 0 amide bonds. The van der Waals surface area contributed by atoms with Crippen LogP contribution in [0.1, 0.15) is 63.7 Å². The highest BCUT2D eigenvalue weighted by atomic mass is 35.5. The fraction of sp³-hybridized carbons (Fsp3) is 0.440. The van der Waals surface area contributed by atoms with E-state index in [9.17, 15) is 14.3 Å². The molecule has 35 heavy (non-hydrogen) atoms. The summed E-state index contributed by atoms with van der Waals surface area (Å²) in [6.45, 7) is 1.60. The van der Waals surface area contributed by atoms with Gasteiger partial charge in [-0.15, -0.1) is 24.8 Å². The Morgan fingerprint density at radius 3 is 2.60 bits per heavy atom. The van der Waals surface area contributed by atoms with Crippen LogP contribution in [0.4, 0.5) is 10.2 Å². The maximum Gasteiger partial charge on any atom is 0.209 e. The summed E-state index contributed by atoms with van der Waals surface area (Å²) in [7, 11) is 0. The molecule has 2 aliphatic carbocycles. The number of hydrogen-bond acceptors (Lipinski definition) is 6. The summed E-state index contributed by atoms with van der Waals surface area (Å²) in [4.78, 5) is 26.1. The lowest BCUT2D eigenvalue weighted by molar-refractivity contribution is -0.121. The van der Waals surface area contributed by atoms with E-state index in [0.29, 0.717) is 35.4 Å². The van der Waals surface area contributed by atoms with E-state index in [1.165, 1.54) is 12.1 Å². The smallest absolute Gasteiger partial charge is 0.209 e. The van der Waals surface area contributed by atoms with Crippen LogP contribution in [-0.2, 0) is 4.79 Å². The number of aromatic nitrogens is 4. The third-order valence-electron chi connectivity index (χ3n) is 6.82. The van der Waals surface area contributed by atoms with Crippen LogP contribution in [0, 0.1) is 23.6 Å². The molecule has 2 aliphatic rings. The average Bonchev–Trinajstić information content (AvgIpc) is 3.50. The molecule has 2 heterocycles. The summed E-state index contributed by atoms with van der Waals surface area (Å²) in [5.74, 6) is 6.23. The molecule has 1 aromatic carbocycles. The second kappa shape index (κ2) is 10.5. The molecule has 3 N–H and O–H groups in total. The number of imidazole rings is 1. The molecular formula is C25H28Cl2FN5O2. The third-order valence-corrected chi connectivity index (χ3v) is 6.82. The molecule has 0 spiro atoms. The lowest BCUT2D eigenvalue weighted by Gasteiger charge is -2.21. The molecule has 0 bridgehead atoms. The van der Waals surface area contributed by atoms with Gasteiger partial charge in [0.15, 0.2) is 17.0 Å². The lowest BCUT2D eigenvalue weighted by Crippen LogP contribution is -2.21. The van der Waals surface area contributed by atoms with E-state index in [-0.39, 0.29) is 60.0 Å². The maximum atomic E-state index is 14.1. The van der Waals surface area contributed by atoms with Gasteiger partial charge in [-0.25, -0.2) is 19.3 Å². The quantitative estimate of drug-likeness (QED) is 0.488. The summed E-state index contributed by atoms with van der Waals surface area (Å²) >= 11 is 0. The van der Waals surface area contributed by atoms with Gasteiger partial charge < -0.3 is 15.4 Å². The summed E-state index contributed by atoms with van der Waals surface area (Å²) in [5.41, 5.74) is 6.69. The van der Waals surface area contributed by atoms with Gasteiger partial charge in [0.25, 0.3) is 0 Å². The summed E-state index contributed by atoms with van der Waals surface area (Å²) in [6, 6.07) is 6.02. The Morgan fingerprint density at radius 2 is 1.91 bits per heavy atom. The number of hydrogen-bond donors (Lipinski definition) is 2.